The van der Waals surface area contributed by atoms with E-state index in [0.29, 0.717) is 11.3 Å². The molecule has 152 valence electrons. The monoisotopic (exact) mass is 422 g/mol. The smallest absolute Gasteiger partial charge is 0.384 e. The third kappa shape index (κ3) is 5.09. The van der Waals surface area contributed by atoms with Crippen molar-refractivity contribution in [2.45, 2.75) is 24.2 Å². The van der Waals surface area contributed by atoms with E-state index in [1.54, 1.807) is 18.2 Å². The van der Waals surface area contributed by atoms with Crippen LogP contribution in [0, 0.1) is 0 Å². The SMILES string of the molecule is Nc1cccc(CN(Cc2ccc(C(F)(F)F)cc2)S(=O)(=O)c2cccnc2)n1. The normalized spacial score (nSPS) is 12.3. The zero-order valence-corrected chi connectivity index (χ0v) is 15.9. The first-order chi connectivity index (χ1) is 13.7. The van der Waals surface area contributed by atoms with Crippen molar-refractivity contribution in [2.75, 3.05) is 5.73 Å². The number of nitrogens with two attached hydrogens (primary N) is 1. The molecule has 0 aliphatic heterocycles. The number of sulfonamides is 1. The lowest BCUT2D eigenvalue weighted by Gasteiger charge is -2.22. The first kappa shape index (κ1) is 20.7. The van der Waals surface area contributed by atoms with Crippen LogP contribution >= 0.6 is 0 Å². The van der Waals surface area contributed by atoms with Gasteiger partial charge in [-0.05, 0) is 42.0 Å². The van der Waals surface area contributed by atoms with Gasteiger partial charge in [-0.1, -0.05) is 18.2 Å². The number of hydrogen-bond acceptors (Lipinski definition) is 5. The summed E-state index contributed by atoms with van der Waals surface area (Å²) in [6.07, 6.45) is -1.81. The summed E-state index contributed by atoms with van der Waals surface area (Å²) in [7, 11) is -3.98. The van der Waals surface area contributed by atoms with Gasteiger partial charge in [0.15, 0.2) is 0 Å². The van der Waals surface area contributed by atoms with Crippen molar-refractivity contribution < 1.29 is 21.6 Å². The van der Waals surface area contributed by atoms with Gasteiger partial charge < -0.3 is 5.73 Å². The van der Waals surface area contributed by atoms with E-state index >= 15 is 0 Å². The summed E-state index contributed by atoms with van der Waals surface area (Å²) >= 11 is 0. The number of rotatable bonds is 6. The van der Waals surface area contributed by atoms with Gasteiger partial charge in [-0.15, -0.1) is 0 Å². The van der Waals surface area contributed by atoms with Gasteiger partial charge in [-0.2, -0.15) is 17.5 Å². The number of halogens is 3. The van der Waals surface area contributed by atoms with Crippen molar-refractivity contribution in [3.63, 3.8) is 0 Å². The predicted octanol–water partition coefficient (Wildman–Crippen LogP) is 3.47. The zero-order valence-electron chi connectivity index (χ0n) is 15.0. The highest BCUT2D eigenvalue weighted by molar-refractivity contribution is 7.89. The minimum absolute atomic E-state index is 0.0317. The Labute approximate surface area is 165 Å². The molecule has 0 atom stereocenters. The molecule has 0 aliphatic carbocycles. The van der Waals surface area contributed by atoms with Gasteiger partial charge in [0.25, 0.3) is 0 Å². The Kier molecular flexibility index (Phi) is 5.85. The fraction of sp³-hybridized carbons (Fsp3) is 0.158. The second-order valence-electron chi connectivity index (χ2n) is 6.21. The first-order valence-corrected chi connectivity index (χ1v) is 9.88. The molecule has 0 unspecified atom stereocenters. The fourth-order valence-corrected chi connectivity index (χ4v) is 4.01. The van der Waals surface area contributed by atoms with Crippen LogP contribution in [-0.4, -0.2) is 22.7 Å². The summed E-state index contributed by atoms with van der Waals surface area (Å²) in [6.45, 7) is -0.255. The highest BCUT2D eigenvalue weighted by Crippen LogP contribution is 2.29. The van der Waals surface area contributed by atoms with E-state index in [1.165, 1.54) is 36.7 Å². The van der Waals surface area contributed by atoms with Gasteiger partial charge in [-0.3, -0.25) is 4.98 Å². The summed E-state index contributed by atoms with van der Waals surface area (Å²) < 4.78 is 65.7. The minimum atomic E-state index is -4.47. The molecule has 3 rings (SSSR count). The molecular formula is C19H17F3N4O2S. The molecule has 2 heterocycles. The molecule has 0 radical (unpaired) electrons. The number of nitrogen functional groups attached to an aromatic ring is 1. The Hall–Kier alpha value is -2.98. The second-order valence-corrected chi connectivity index (χ2v) is 8.15. The van der Waals surface area contributed by atoms with Crippen LogP contribution in [-0.2, 0) is 29.3 Å². The van der Waals surface area contributed by atoms with Gasteiger partial charge in [0.05, 0.1) is 17.8 Å². The molecule has 0 fully saturated rings. The van der Waals surface area contributed by atoms with E-state index in [9.17, 15) is 21.6 Å². The summed E-state index contributed by atoms with van der Waals surface area (Å²) in [6, 6.07) is 12.1. The molecule has 1 aromatic carbocycles. The maximum absolute atomic E-state index is 13.1. The number of aromatic nitrogens is 2. The summed E-state index contributed by atoms with van der Waals surface area (Å²) in [5.74, 6) is 0.232. The molecule has 0 saturated heterocycles. The van der Waals surface area contributed by atoms with Gasteiger partial charge in [0, 0.05) is 18.9 Å². The van der Waals surface area contributed by atoms with E-state index in [2.05, 4.69) is 9.97 Å². The van der Waals surface area contributed by atoms with E-state index in [1.807, 2.05) is 0 Å². The molecule has 6 nitrogen and oxygen atoms in total. The van der Waals surface area contributed by atoms with Crippen molar-refractivity contribution in [3.05, 3.63) is 83.8 Å². The maximum Gasteiger partial charge on any atom is 0.416 e. The largest absolute Gasteiger partial charge is 0.416 e. The molecule has 0 aliphatic rings. The van der Waals surface area contributed by atoms with Crippen LogP contribution in [0.1, 0.15) is 16.8 Å². The highest BCUT2D eigenvalue weighted by atomic mass is 32.2. The number of alkyl halides is 3. The molecule has 0 saturated carbocycles. The lowest BCUT2D eigenvalue weighted by molar-refractivity contribution is -0.137. The molecule has 0 amide bonds. The Morgan fingerprint density at radius 3 is 2.28 bits per heavy atom. The molecule has 29 heavy (non-hydrogen) atoms. The Balaban J connectivity index is 1.94. The van der Waals surface area contributed by atoms with Gasteiger partial charge >= 0.3 is 6.18 Å². The summed E-state index contributed by atoms with van der Waals surface area (Å²) in [4.78, 5) is 7.92. The molecule has 0 spiro atoms. The average molecular weight is 422 g/mol. The van der Waals surface area contributed by atoms with Crippen LogP contribution in [0.4, 0.5) is 19.0 Å². The number of nitrogens with zero attached hydrogens (tertiary/aromatic N) is 3. The number of hydrogen-bond donors (Lipinski definition) is 1. The molecule has 2 N–H and O–H groups in total. The Morgan fingerprint density at radius 2 is 1.69 bits per heavy atom. The molecule has 0 bridgehead atoms. The summed E-state index contributed by atoms with van der Waals surface area (Å²) in [5.41, 5.74) is 5.67. The van der Waals surface area contributed by atoms with E-state index in [4.69, 9.17) is 5.73 Å². The lowest BCUT2D eigenvalue weighted by Crippen LogP contribution is -2.30. The first-order valence-electron chi connectivity index (χ1n) is 8.44. The number of benzene rings is 1. The number of pyridine rings is 2. The number of anilines is 1. The van der Waals surface area contributed by atoms with Crippen molar-refractivity contribution in [3.8, 4) is 0 Å². The highest BCUT2D eigenvalue weighted by Gasteiger charge is 2.30. The van der Waals surface area contributed by atoms with Crippen LogP contribution < -0.4 is 5.73 Å². The molecular weight excluding hydrogens is 405 g/mol. The van der Waals surface area contributed by atoms with E-state index < -0.39 is 21.8 Å². The van der Waals surface area contributed by atoms with Crippen LogP contribution in [0.2, 0.25) is 0 Å². The van der Waals surface area contributed by atoms with Gasteiger partial charge in [0.2, 0.25) is 10.0 Å². The quantitative estimate of drug-likeness (QED) is 0.657. The van der Waals surface area contributed by atoms with Crippen molar-refractivity contribution in [1.82, 2.24) is 14.3 Å². The van der Waals surface area contributed by atoms with Gasteiger partial charge in [0.1, 0.15) is 10.7 Å². The summed E-state index contributed by atoms with van der Waals surface area (Å²) in [5, 5.41) is 0. The Bertz CT molecular complexity index is 1070. The fourth-order valence-electron chi connectivity index (χ4n) is 2.64. The topological polar surface area (TPSA) is 89.2 Å². The van der Waals surface area contributed by atoms with Crippen LogP contribution in [0.25, 0.3) is 0 Å². The maximum atomic E-state index is 13.1. The lowest BCUT2D eigenvalue weighted by atomic mass is 10.1. The Morgan fingerprint density at radius 1 is 0.966 bits per heavy atom. The molecule has 2 aromatic heterocycles. The predicted molar refractivity (Wildman–Crippen MR) is 101 cm³/mol. The zero-order chi connectivity index (χ0) is 21.1. The van der Waals surface area contributed by atoms with Crippen LogP contribution in [0.15, 0.2) is 71.9 Å². The van der Waals surface area contributed by atoms with E-state index in [-0.39, 0.29) is 23.8 Å². The van der Waals surface area contributed by atoms with Crippen LogP contribution in [0.3, 0.4) is 0 Å². The molecule has 3 aromatic rings. The second kappa shape index (κ2) is 8.18. The van der Waals surface area contributed by atoms with Gasteiger partial charge in [-0.25, -0.2) is 13.4 Å². The van der Waals surface area contributed by atoms with Crippen molar-refractivity contribution in [1.29, 1.82) is 0 Å². The standard InChI is InChI=1S/C19H17F3N4O2S/c20-19(21,22)15-8-6-14(7-9-15)12-26(13-16-3-1-5-18(23)25-16)29(27,28)17-4-2-10-24-11-17/h1-11H,12-13H2,(H2,23,25). The minimum Gasteiger partial charge on any atom is -0.384 e. The van der Waals surface area contributed by atoms with Crippen molar-refractivity contribution in [2.24, 2.45) is 0 Å². The van der Waals surface area contributed by atoms with E-state index in [0.717, 1.165) is 16.4 Å². The van der Waals surface area contributed by atoms with Crippen LogP contribution in [0.5, 0.6) is 0 Å². The molecule has 10 heteroatoms. The van der Waals surface area contributed by atoms with Crippen molar-refractivity contribution >= 4 is 15.8 Å². The third-order valence-electron chi connectivity index (χ3n) is 4.08. The average Bonchev–Trinajstić information content (AvgIpc) is 2.68. The third-order valence-corrected chi connectivity index (χ3v) is 5.85.